The fourth-order valence-electron chi connectivity index (χ4n) is 7.03. The van der Waals surface area contributed by atoms with Crippen molar-refractivity contribution in [2.24, 2.45) is 0 Å². The third-order valence-corrected chi connectivity index (χ3v) is 9.15. The summed E-state index contributed by atoms with van der Waals surface area (Å²) in [7, 11) is 0. The van der Waals surface area contributed by atoms with Gasteiger partial charge < -0.3 is 0 Å². The van der Waals surface area contributed by atoms with E-state index in [1.165, 1.54) is 60.5 Å². The van der Waals surface area contributed by atoms with Crippen LogP contribution in [-0.4, -0.2) is 4.98 Å². The molecule has 8 rings (SSSR count). The van der Waals surface area contributed by atoms with Crippen LogP contribution in [0.5, 0.6) is 0 Å². The Hall–Kier alpha value is -5.52. The van der Waals surface area contributed by atoms with Crippen molar-refractivity contribution in [1.29, 1.82) is 5.26 Å². The van der Waals surface area contributed by atoms with Gasteiger partial charge in [-0.1, -0.05) is 117 Å². The summed E-state index contributed by atoms with van der Waals surface area (Å²) in [6.07, 6.45) is 2.03. The number of aromatic nitrogens is 1. The van der Waals surface area contributed by atoms with Crippen LogP contribution in [0.2, 0.25) is 0 Å². The molecule has 1 aliphatic rings. The monoisotopic (exact) mass is 548 g/mol. The fourth-order valence-corrected chi connectivity index (χ4v) is 7.03. The maximum atomic E-state index is 9.48. The van der Waals surface area contributed by atoms with E-state index in [-0.39, 0.29) is 5.41 Å². The summed E-state index contributed by atoms with van der Waals surface area (Å²) in [5.74, 6) is 0. The minimum Gasteiger partial charge on any atom is -0.256 e. The smallest absolute Gasteiger partial charge is 0.0991 e. The summed E-state index contributed by atoms with van der Waals surface area (Å²) >= 11 is 0. The summed E-state index contributed by atoms with van der Waals surface area (Å²) in [4.78, 5) is 5.03. The third kappa shape index (κ3) is 3.83. The largest absolute Gasteiger partial charge is 0.256 e. The zero-order valence-corrected chi connectivity index (χ0v) is 24.1. The highest BCUT2D eigenvalue weighted by Gasteiger charge is 2.35. The molecule has 6 aromatic carbocycles. The highest BCUT2D eigenvalue weighted by molar-refractivity contribution is 6.21. The van der Waals surface area contributed by atoms with E-state index in [0.717, 1.165) is 16.8 Å². The Morgan fingerprint density at radius 2 is 1.07 bits per heavy atom. The molecule has 0 unspecified atom stereocenters. The SMILES string of the molecule is CC1(C)c2cc(C#N)ccc2-c2ccc(-c3ccc(-c4c5ccccc5c(-c5ccccc5)c5ccccc45)cn3)cc21. The first-order valence-corrected chi connectivity index (χ1v) is 14.7. The zero-order chi connectivity index (χ0) is 29.1. The van der Waals surface area contributed by atoms with Crippen LogP contribution in [0.3, 0.4) is 0 Å². The average Bonchev–Trinajstić information content (AvgIpc) is 3.29. The van der Waals surface area contributed by atoms with Crippen molar-refractivity contribution >= 4 is 21.5 Å². The van der Waals surface area contributed by atoms with Crippen LogP contribution >= 0.6 is 0 Å². The molecule has 0 bridgehead atoms. The Bertz CT molecular complexity index is 2190. The second-order valence-corrected chi connectivity index (χ2v) is 11.9. The van der Waals surface area contributed by atoms with E-state index >= 15 is 0 Å². The van der Waals surface area contributed by atoms with Crippen LogP contribution in [0.15, 0.2) is 134 Å². The third-order valence-electron chi connectivity index (χ3n) is 9.15. The van der Waals surface area contributed by atoms with Crippen molar-refractivity contribution in [3.8, 4) is 50.7 Å². The minimum absolute atomic E-state index is 0.189. The van der Waals surface area contributed by atoms with Crippen LogP contribution in [0.4, 0.5) is 0 Å². The Kier molecular flexibility index (Phi) is 5.58. The van der Waals surface area contributed by atoms with E-state index in [1.807, 2.05) is 18.3 Å². The van der Waals surface area contributed by atoms with Gasteiger partial charge in [0.15, 0.2) is 0 Å². The van der Waals surface area contributed by atoms with Gasteiger partial charge in [-0.15, -0.1) is 0 Å². The fraction of sp³-hybridized carbons (Fsp3) is 0.0732. The molecule has 2 heteroatoms. The van der Waals surface area contributed by atoms with Crippen molar-refractivity contribution in [2.75, 3.05) is 0 Å². The first-order chi connectivity index (χ1) is 21.0. The molecular formula is C41H28N2. The summed E-state index contributed by atoms with van der Waals surface area (Å²) in [6.45, 7) is 4.49. The molecule has 0 saturated carbocycles. The number of fused-ring (bicyclic) bond motifs is 5. The predicted molar refractivity (Wildman–Crippen MR) is 178 cm³/mol. The molecule has 1 heterocycles. The summed E-state index contributed by atoms with van der Waals surface area (Å²) < 4.78 is 0. The number of nitriles is 1. The molecule has 0 saturated heterocycles. The lowest BCUT2D eigenvalue weighted by Gasteiger charge is -2.22. The quantitative estimate of drug-likeness (QED) is 0.206. The molecular weight excluding hydrogens is 520 g/mol. The van der Waals surface area contributed by atoms with Gasteiger partial charge in [-0.3, -0.25) is 4.98 Å². The van der Waals surface area contributed by atoms with Gasteiger partial charge in [0.25, 0.3) is 0 Å². The molecule has 0 atom stereocenters. The second kappa shape index (κ2) is 9.51. The number of rotatable bonds is 3. The van der Waals surface area contributed by atoms with Crippen molar-refractivity contribution in [2.45, 2.75) is 19.3 Å². The number of pyridine rings is 1. The minimum atomic E-state index is -0.189. The zero-order valence-electron chi connectivity index (χ0n) is 24.1. The molecule has 43 heavy (non-hydrogen) atoms. The molecule has 0 aliphatic heterocycles. The van der Waals surface area contributed by atoms with Gasteiger partial charge in [0.1, 0.15) is 0 Å². The molecule has 7 aromatic rings. The maximum Gasteiger partial charge on any atom is 0.0991 e. The maximum absolute atomic E-state index is 9.48. The topological polar surface area (TPSA) is 36.7 Å². The van der Waals surface area contributed by atoms with Gasteiger partial charge in [0.2, 0.25) is 0 Å². The summed E-state index contributed by atoms with van der Waals surface area (Å²) in [5.41, 5.74) is 12.3. The lowest BCUT2D eigenvalue weighted by Crippen LogP contribution is -2.15. The van der Waals surface area contributed by atoms with Gasteiger partial charge in [-0.25, -0.2) is 0 Å². The Labute approximate surface area is 251 Å². The first kappa shape index (κ1) is 25.2. The number of benzene rings is 6. The average molecular weight is 549 g/mol. The van der Waals surface area contributed by atoms with E-state index in [9.17, 15) is 5.26 Å². The van der Waals surface area contributed by atoms with Gasteiger partial charge in [0, 0.05) is 22.7 Å². The van der Waals surface area contributed by atoms with E-state index in [1.54, 1.807) is 0 Å². The molecule has 0 fully saturated rings. The lowest BCUT2D eigenvalue weighted by atomic mass is 9.81. The van der Waals surface area contributed by atoms with Gasteiger partial charge in [-0.2, -0.15) is 5.26 Å². The first-order valence-electron chi connectivity index (χ1n) is 14.7. The highest BCUT2D eigenvalue weighted by atomic mass is 14.7. The van der Waals surface area contributed by atoms with Crippen molar-refractivity contribution < 1.29 is 0 Å². The number of nitrogens with zero attached hydrogens (tertiary/aromatic N) is 2. The van der Waals surface area contributed by atoms with Crippen LogP contribution < -0.4 is 0 Å². The van der Waals surface area contributed by atoms with Gasteiger partial charge >= 0.3 is 0 Å². The van der Waals surface area contributed by atoms with Crippen LogP contribution in [0, 0.1) is 11.3 Å². The van der Waals surface area contributed by atoms with E-state index in [2.05, 4.69) is 135 Å². The Morgan fingerprint density at radius 3 is 1.65 bits per heavy atom. The molecule has 0 radical (unpaired) electrons. The number of hydrogen-bond acceptors (Lipinski definition) is 2. The van der Waals surface area contributed by atoms with Crippen LogP contribution in [-0.2, 0) is 5.41 Å². The normalized spacial score (nSPS) is 13.0. The van der Waals surface area contributed by atoms with Gasteiger partial charge in [0.05, 0.1) is 17.3 Å². The number of hydrogen-bond donors (Lipinski definition) is 0. The molecule has 0 N–H and O–H groups in total. The molecule has 0 amide bonds. The van der Waals surface area contributed by atoms with Gasteiger partial charge in [-0.05, 0) is 84.8 Å². The molecule has 1 aliphatic carbocycles. The summed E-state index contributed by atoms with van der Waals surface area (Å²) in [5, 5.41) is 14.4. The lowest BCUT2D eigenvalue weighted by molar-refractivity contribution is 0.660. The standard InChI is InChI=1S/C41H28N2/c1-41(2)36-22-26(24-42)16-19-30(36)31-20-17-28(23-37(31)41)38-21-18-29(25-43-38)40-34-14-8-6-12-32(34)39(27-10-4-3-5-11-27)33-13-7-9-15-35(33)40/h3-23,25H,1-2H3. The van der Waals surface area contributed by atoms with Crippen molar-refractivity contribution in [1.82, 2.24) is 4.98 Å². The molecule has 202 valence electrons. The highest BCUT2D eigenvalue weighted by Crippen LogP contribution is 2.50. The molecule has 2 nitrogen and oxygen atoms in total. The second-order valence-electron chi connectivity index (χ2n) is 11.9. The van der Waals surface area contributed by atoms with E-state index in [4.69, 9.17) is 4.98 Å². The van der Waals surface area contributed by atoms with E-state index in [0.29, 0.717) is 5.56 Å². The van der Waals surface area contributed by atoms with Crippen LogP contribution in [0.1, 0.15) is 30.5 Å². The van der Waals surface area contributed by atoms with Crippen LogP contribution in [0.25, 0.3) is 66.2 Å². The van der Waals surface area contributed by atoms with Crippen molar-refractivity contribution in [3.63, 3.8) is 0 Å². The van der Waals surface area contributed by atoms with Crippen molar-refractivity contribution in [3.05, 3.63) is 150 Å². The Balaban J connectivity index is 1.26. The Morgan fingerprint density at radius 1 is 0.535 bits per heavy atom. The predicted octanol–water partition coefficient (Wildman–Crippen LogP) is 10.6. The molecule has 1 aromatic heterocycles. The summed E-state index contributed by atoms with van der Waals surface area (Å²) in [6, 6.07) is 47.5. The van der Waals surface area contributed by atoms with E-state index < -0.39 is 0 Å². The molecule has 0 spiro atoms.